The SMILES string of the molecule is N.O.O=S(=O)([O-])c1cc(N=Nc2ccc(-c3ccc(N=Nc4cc(S(=O)(=O)[O-])c5cc(N=C([O-])c6ccccc6)cc(S(=O)(=O)O)c5c4[O-])c([O-])c3)cc2[O-])c([O-])c2c(S(=O)(=O)[O-])cccc12.[Cu+2].[Cu+2].[Na+].[Na].[Na].[Na]. The molecule has 7 rings (SSSR count). The first kappa shape index (κ1) is 72.6. The van der Waals surface area contributed by atoms with Crippen molar-refractivity contribution in [3.8, 4) is 34.1 Å². The maximum absolute atomic E-state index is 13.6. The number of hydrogen-bond acceptors (Lipinski definition) is 22. The second kappa shape index (κ2) is 28.2. The van der Waals surface area contributed by atoms with Crippen LogP contribution in [0.15, 0.2) is 154 Å². The molecule has 0 saturated heterocycles. The fraction of sp³-hybridized carbons (Fsp3) is 0. The maximum Gasteiger partial charge on any atom is 2.00 e. The van der Waals surface area contributed by atoms with Gasteiger partial charge in [-0.3, -0.25) is 9.55 Å². The number of aliphatic imine (C=N–C) groups is 1. The van der Waals surface area contributed by atoms with Crippen LogP contribution in [0.1, 0.15) is 5.56 Å². The van der Waals surface area contributed by atoms with Crippen LogP contribution < -0.4 is 61.2 Å². The van der Waals surface area contributed by atoms with Crippen molar-refractivity contribution in [3.05, 3.63) is 115 Å². The molecule has 73 heavy (non-hydrogen) atoms. The molecule has 0 unspecified atom stereocenters. The van der Waals surface area contributed by atoms with Gasteiger partial charge in [0.25, 0.3) is 10.1 Å². The molecule has 0 heterocycles. The Labute approximate surface area is 524 Å². The molecule has 7 aromatic carbocycles. The van der Waals surface area contributed by atoms with Crippen molar-refractivity contribution < 1.29 is 147 Å². The van der Waals surface area contributed by atoms with Gasteiger partial charge in [-0.1, -0.05) is 89.7 Å². The van der Waals surface area contributed by atoms with Crippen molar-refractivity contribution in [1.29, 1.82) is 0 Å². The predicted octanol–water partition coefficient (Wildman–Crippen LogP) is -1.62. The summed E-state index contributed by atoms with van der Waals surface area (Å²) in [5.74, 6) is -5.43. The number of benzene rings is 7. The molecule has 0 aliphatic heterocycles. The van der Waals surface area contributed by atoms with Gasteiger partial charge in [0, 0.05) is 94.1 Å². The molecule has 371 valence electrons. The quantitative estimate of drug-likeness (QED) is 0.0483. The van der Waals surface area contributed by atoms with E-state index in [1.165, 1.54) is 36.4 Å². The van der Waals surface area contributed by atoms with Crippen LogP contribution in [0.5, 0.6) is 23.0 Å². The van der Waals surface area contributed by atoms with Crippen LogP contribution in [0.4, 0.5) is 28.4 Å². The largest absolute Gasteiger partial charge is 2.00 e. The van der Waals surface area contributed by atoms with Gasteiger partial charge in [-0.05, 0) is 81.2 Å². The monoisotopic (exact) mass is 1210 g/mol. The zero-order valence-corrected chi connectivity index (χ0v) is 50.7. The van der Waals surface area contributed by atoms with Gasteiger partial charge in [0.2, 0.25) is 0 Å². The molecule has 5 radical (unpaired) electrons. The van der Waals surface area contributed by atoms with E-state index in [9.17, 15) is 77.4 Å². The molecule has 0 spiro atoms. The van der Waals surface area contributed by atoms with Gasteiger partial charge in [-0.25, -0.2) is 25.3 Å². The van der Waals surface area contributed by atoms with Crippen molar-refractivity contribution in [2.75, 3.05) is 0 Å². The average molecular weight is 1210 g/mol. The van der Waals surface area contributed by atoms with E-state index in [1.807, 2.05) is 0 Å². The van der Waals surface area contributed by atoms with Crippen LogP contribution >= 0.6 is 0 Å². The van der Waals surface area contributed by atoms with E-state index in [0.29, 0.717) is 18.2 Å². The van der Waals surface area contributed by atoms with E-state index in [4.69, 9.17) is 0 Å². The number of rotatable bonds is 11. The summed E-state index contributed by atoms with van der Waals surface area (Å²) < 4.78 is 144. The minimum Gasteiger partial charge on any atom is -0.871 e. The van der Waals surface area contributed by atoms with Crippen molar-refractivity contribution in [2.45, 2.75) is 19.6 Å². The van der Waals surface area contributed by atoms with Gasteiger partial charge in [0.05, 0.1) is 43.1 Å². The standard InChI is InChI=1S/C39H27N5O17S4.2Cu.H3N.4Na.H2O/c45-29-13-20(9-11-25(29)41-43-27-17-32(63(53,54)55)23-7-4-8-31(62(50,51)52)35(23)37(27)47)21-10-12-26(30(46)14-21)42-44-28-18-33(64(56,57)58)24-15-22(40-39(49)19-5-2-1-3-6-19)16-34(65(59,60)61)36(24)38(28)48;;;;;;;;/h1-18,45-48H,(H,40,49)(H,50,51,52)(H,53,54,55)(H,56,57,58)(H,59,60,61);;;1H3;;;;;1H2/q;2*+2;;;;;+1;/p-8. The summed E-state index contributed by atoms with van der Waals surface area (Å²) in [5.41, 5.74) is -3.26. The molecule has 0 aliphatic carbocycles. The normalized spacial score (nSPS) is 11.6. The summed E-state index contributed by atoms with van der Waals surface area (Å²) in [6.45, 7) is 0. The van der Waals surface area contributed by atoms with Gasteiger partial charge in [-0.2, -0.15) is 28.9 Å². The zero-order valence-electron chi connectivity index (χ0n) is 37.6. The molecule has 24 nitrogen and oxygen atoms in total. The Morgan fingerprint density at radius 2 is 0.890 bits per heavy atom. The molecule has 0 amide bonds. The van der Waals surface area contributed by atoms with E-state index in [0.717, 1.165) is 48.5 Å². The molecule has 0 bridgehead atoms. The van der Waals surface area contributed by atoms with Crippen LogP contribution in [-0.2, 0) is 74.6 Å². The average Bonchev–Trinajstić information content (AvgIpc) is 3.22. The third-order valence-corrected chi connectivity index (χ3v) is 12.7. The number of fused-ring (bicyclic) bond motifs is 2. The number of nitrogens with zero attached hydrogens (tertiary/aromatic N) is 5. The summed E-state index contributed by atoms with van der Waals surface area (Å²) in [6, 6.07) is 18.7. The van der Waals surface area contributed by atoms with E-state index in [-0.39, 0.29) is 181 Å². The first-order chi connectivity index (χ1) is 30.3. The van der Waals surface area contributed by atoms with Gasteiger partial charge >= 0.3 is 63.7 Å². The van der Waals surface area contributed by atoms with E-state index in [2.05, 4.69) is 25.4 Å². The van der Waals surface area contributed by atoms with Crippen molar-refractivity contribution in [2.24, 2.45) is 25.4 Å². The number of azo groups is 2. The Morgan fingerprint density at radius 3 is 1.30 bits per heavy atom. The maximum atomic E-state index is 13.6. The minimum atomic E-state index is -5.58. The smallest absolute Gasteiger partial charge is 0.871 e. The Bertz CT molecular complexity index is 3760. The van der Waals surface area contributed by atoms with Crippen LogP contribution in [0, 0.1) is 0 Å². The van der Waals surface area contributed by atoms with Gasteiger partial charge in [0.15, 0.2) is 0 Å². The Balaban J connectivity index is 0. The second-order valence-electron chi connectivity index (χ2n) is 13.4. The summed E-state index contributed by atoms with van der Waals surface area (Å²) in [7, 11) is -21.7. The van der Waals surface area contributed by atoms with E-state index in [1.54, 1.807) is 6.07 Å². The van der Waals surface area contributed by atoms with Gasteiger partial charge in [-0.15, -0.1) is 0 Å². The third kappa shape index (κ3) is 16.3. The fourth-order valence-electron chi connectivity index (χ4n) is 6.36. The summed E-state index contributed by atoms with van der Waals surface area (Å²) in [6.07, 6.45) is 0. The Morgan fingerprint density at radius 1 is 0.479 bits per heavy atom. The second-order valence-corrected chi connectivity index (χ2v) is 18.8. The van der Waals surface area contributed by atoms with Crippen LogP contribution in [0.3, 0.4) is 0 Å². The molecule has 6 N–H and O–H groups in total. The first-order valence-electron chi connectivity index (χ1n) is 17.5. The van der Waals surface area contributed by atoms with Crippen molar-refractivity contribution >= 4 is 185 Å². The molecule has 34 heteroatoms. The van der Waals surface area contributed by atoms with Crippen molar-refractivity contribution in [1.82, 2.24) is 6.15 Å². The molecule has 0 fully saturated rings. The summed E-state index contributed by atoms with van der Waals surface area (Å²) in [5, 5.41) is 76.6. The van der Waals surface area contributed by atoms with Crippen LogP contribution in [-0.4, -0.2) is 152 Å². The molecular weight excluding hydrogens is 1190 g/mol. The van der Waals surface area contributed by atoms with Gasteiger partial charge < -0.3 is 50.8 Å². The summed E-state index contributed by atoms with van der Waals surface area (Å²) in [4.78, 5) is -0.967. The van der Waals surface area contributed by atoms with Crippen LogP contribution in [0.2, 0.25) is 0 Å². The Kier molecular flexibility index (Phi) is 28.1. The minimum absolute atomic E-state index is 0. The molecular formula is C39H24Cu2N6Na4O18S4-3. The summed E-state index contributed by atoms with van der Waals surface area (Å²) >= 11 is 0. The molecule has 0 atom stereocenters. The zero-order chi connectivity index (χ0) is 47.4. The fourth-order valence-corrected chi connectivity index (χ4v) is 9.17. The van der Waals surface area contributed by atoms with Crippen molar-refractivity contribution in [3.63, 3.8) is 0 Å². The third-order valence-electron chi connectivity index (χ3n) is 9.22. The molecule has 0 saturated carbocycles. The number of hydrogen-bond donors (Lipinski definition) is 2. The molecule has 0 aromatic heterocycles. The molecule has 7 aromatic rings. The molecule has 0 aliphatic rings. The Hall–Kier alpha value is -2.47. The topological polar surface area (TPSA) is 470 Å². The van der Waals surface area contributed by atoms with E-state index >= 15 is 0 Å². The van der Waals surface area contributed by atoms with E-state index < -0.39 is 139 Å². The van der Waals surface area contributed by atoms with Crippen LogP contribution in [0.25, 0.3) is 32.7 Å². The first-order valence-corrected chi connectivity index (χ1v) is 23.2. The predicted molar refractivity (Wildman–Crippen MR) is 238 cm³/mol. The van der Waals surface area contributed by atoms with Gasteiger partial charge in [0.1, 0.15) is 35.2 Å².